The van der Waals surface area contributed by atoms with Crippen molar-refractivity contribution in [3.63, 3.8) is 0 Å². The van der Waals surface area contributed by atoms with Crippen LogP contribution in [0.2, 0.25) is 10.0 Å². The Morgan fingerprint density at radius 1 is 0.970 bits per heavy atom. The van der Waals surface area contributed by atoms with Crippen LogP contribution in [0, 0.1) is 6.92 Å². The number of hydrogen-bond acceptors (Lipinski definition) is 4. The van der Waals surface area contributed by atoms with Crippen LogP contribution in [0.25, 0.3) is 6.08 Å². The summed E-state index contributed by atoms with van der Waals surface area (Å²) < 4.78 is 5.91. The number of amides is 4. The predicted molar refractivity (Wildman–Crippen MR) is 127 cm³/mol. The molecule has 0 aliphatic carbocycles. The number of carbonyl (C=O) groups excluding carboxylic acids is 3. The van der Waals surface area contributed by atoms with Gasteiger partial charge in [0.05, 0.1) is 5.69 Å². The lowest BCUT2D eigenvalue weighted by Gasteiger charge is -2.26. The Morgan fingerprint density at radius 3 is 2.42 bits per heavy atom. The van der Waals surface area contributed by atoms with E-state index < -0.39 is 17.8 Å². The third-order valence-electron chi connectivity index (χ3n) is 5.04. The number of para-hydroxylation sites is 1. The highest BCUT2D eigenvalue weighted by atomic mass is 35.5. The van der Waals surface area contributed by atoms with E-state index in [9.17, 15) is 14.4 Å². The number of barbiturate groups is 1. The van der Waals surface area contributed by atoms with Gasteiger partial charge in [0, 0.05) is 15.6 Å². The minimum atomic E-state index is -0.839. The van der Waals surface area contributed by atoms with Gasteiger partial charge >= 0.3 is 6.03 Å². The molecule has 3 aromatic rings. The van der Waals surface area contributed by atoms with Crippen molar-refractivity contribution in [1.82, 2.24) is 5.32 Å². The van der Waals surface area contributed by atoms with Crippen LogP contribution < -0.4 is 15.0 Å². The zero-order valence-electron chi connectivity index (χ0n) is 17.5. The predicted octanol–water partition coefficient (Wildman–Crippen LogP) is 5.55. The number of carbonyl (C=O) groups is 3. The average molecular weight is 481 g/mol. The fraction of sp³-hybridized carbons (Fsp3) is 0.0800. The second-order valence-corrected chi connectivity index (χ2v) is 8.19. The van der Waals surface area contributed by atoms with E-state index in [1.54, 1.807) is 55.5 Å². The Hall–Kier alpha value is -3.61. The van der Waals surface area contributed by atoms with Crippen molar-refractivity contribution in [3.05, 3.63) is 99.0 Å². The molecule has 0 unspecified atom stereocenters. The molecule has 1 heterocycles. The Kier molecular flexibility index (Phi) is 6.49. The van der Waals surface area contributed by atoms with Crippen LogP contribution in [0.15, 0.2) is 72.3 Å². The molecule has 33 heavy (non-hydrogen) atoms. The standard InChI is InChI=1S/C25H18Cl2N2O4/c1-15-6-11-19(13-21(15)27)29-24(31)20(23(30)28-25(29)32)12-17-4-2-3-5-22(17)33-14-16-7-9-18(26)10-8-16/h2-13H,14H2,1H3,(H,28,30,32)/b20-12-. The number of urea groups is 1. The topological polar surface area (TPSA) is 75.7 Å². The SMILES string of the molecule is Cc1ccc(N2C(=O)NC(=O)/C(=C/c3ccccc3OCc3ccc(Cl)cc3)C2=O)cc1Cl. The Morgan fingerprint density at radius 2 is 1.70 bits per heavy atom. The van der Waals surface area contributed by atoms with Gasteiger partial charge in [-0.15, -0.1) is 0 Å². The molecule has 8 heteroatoms. The number of benzene rings is 3. The summed E-state index contributed by atoms with van der Waals surface area (Å²) in [4.78, 5) is 39.0. The van der Waals surface area contributed by atoms with Gasteiger partial charge in [0.1, 0.15) is 17.9 Å². The highest BCUT2D eigenvalue weighted by molar-refractivity contribution is 6.39. The van der Waals surface area contributed by atoms with Crippen LogP contribution in [0.4, 0.5) is 10.5 Å². The van der Waals surface area contributed by atoms with E-state index >= 15 is 0 Å². The molecule has 0 radical (unpaired) electrons. The number of aryl methyl sites for hydroxylation is 1. The summed E-state index contributed by atoms with van der Waals surface area (Å²) in [7, 11) is 0. The lowest BCUT2D eigenvalue weighted by molar-refractivity contribution is -0.122. The number of nitrogens with zero attached hydrogens (tertiary/aromatic N) is 1. The zero-order chi connectivity index (χ0) is 23.5. The van der Waals surface area contributed by atoms with Gasteiger partial charge in [-0.1, -0.05) is 59.6 Å². The summed E-state index contributed by atoms with van der Waals surface area (Å²) in [6, 6.07) is 18.2. The van der Waals surface area contributed by atoms with E-state index in [4.69, 9.17) is 27.9 Å². The quantitative estimate of drug-likeness (QED) is 0.383. The van der Waals surface area contributed by atoms with Gasteiger partial charge in [-0.05, 0) is 54.5 Å². The maximum Gasteiger partial charge on any atom is 0.335 e. The Labute approximate surface area is 200 Å². The van der Waals surface area contributed by atoms with Gasteiger partial charge < -0.3 is 4.74 Å². The van der Waals surface area contributed by atoms with Crippen molar-refractivity contribution in [2.45, 2.75) is 13.5 Å². The molecule has 4 rings (SSSR count). The van der Waals surface area contributed by atoms with Crippen LogP contribution in [-0.4, -0.2) is 17.8 Å². The molecule has 0 atom stereocenters. The number of nitrogens with one attached hydrogen (secondary N) is 1. The van der Waals surface area contributed by atoms with Gasteiger partial charge in [0.2, 0.25) is 0 Å². The largest absolute Gasteiger partial charge is 0.488 e. The molecule has 1 saturated heterocycles. The van der Waals surface area contributed by atoms with E-state index in [1.165, 1.54) is 12.1 Å². The van der Waals surface area contributed by atoms with Crippen molar-refractivity contribution < 1.29 is 19.1 Å². The van der Waals surface area contributed by atoms with E-state index in [-0.39, 0.29) is 17.9 Å². The molecule has 0 saturated carbocycles. The second-order valence-electron chi connectivity index (χ2n) is 7.34. The minimum Gasteiger partial charge on any atom is -0.488 e. The summed E-state index contributed by atoms with van der Waals surface area (Å²) in [5, 5.41) is 3.23. The summed E-state index contributed by atoms with van der Waals surface area (Å²) in [5.41, 5.74) is 2.28. The van der Waals surface area contributed by atoms with Crippen LogP contribution in [0.1, 0.15) is 16.7 Å². The van der Waals surface area contributed by atoms with Gasteiger partial charge in [-0.2, -0.15) is 0 Å². The minimum absolute atomic E-state index is 0.200. The second kappa shape index (κ2) is 9.48. The number of halogens is 2. The first-order valence-electron chi connectivity index (χ1n) is 9.97. The van der Waals surface area contributed by atoms with Crippen LogP contribution in [0.3, 0.4) is 0 Å². The first-order valence-corrected chi connectivity index (χ1v) is 10.7. The Bertz CT molecular complexity index is 1290. The molecule has 4 amide bonds. The fourth-order valence-corrected chi connectivity index (χ4v) is 3.54. The fourth-order valence-electron chi connectivity index (χ4n) is 3.24. The lowest BCUT2D eigenvalue weighted by Crippen LogP contribution is -2.54. The summed E-state index contributed by atoms with van der Waals surface area (Å²) in [6.45, 7) is 2.07. The summed E-state index contributed by atoms with van der Waals surface area (Å²) in [6.07, 6.45) is 1.41. The molecule has 1 N–H and O–H groups in total. The van der Waals surface area contributed by atoms with Gasteiger partial charge in [0.25, 0.3) is 11.8 Å². The number of ether oxygens (including phenoxy) is 1. The lowest BCUT2D eigenvalue weighted by atomic mass is 10.1. The first-order chi connectivity index (χ1) is 15.8. The summed E-state index contributed by atoms with van der Waals surface area (Å²) in [5.74, 6) is -1.06. The van der Waals surface area contributed by atoms with Gasteiger partial charge in [-0.3, -0.25) is 14.9 Å². The number of imide groups is 2. The van der Waals surface area contributed by atoms with Crippen molar-refractivity contribution in [1.29, 1.82) is 0 Å². The van der Waals surface area contributed by atoms with Gasteiger partial charge in [-0.25, -0.2) is 9.69 Å². The number of rotatable bonds is 5. The van der Waals surface area contributed by atoms with E-state index in [0.29, 0.717) is 21.4 Å². The van der Waals surface area contributed by atoms with Crippen LogP contribution in [-0.2, 0) is 16.2 Å². The maximum absolute atomic E-state index is 13.1. The highest BCUT2D eigenvalue weighted by Crippen LogP contribution is 2.28. The molecule has 166 valence electrons. The van der Waals surface area contributed by atoms with Crippen molar-refractivity contribution >= 4 is 52.8 Å². The van der Waals surface area contributed by atoms with Crippen LogP contribution >= 0.6 is 23.2 Å². The maximum atomic E-state index is 13.1. The normalized spacial score (nSPS) is 15.1. The molecule has 1 aliphatic rings. The Balaban J connectivity index is 1.64. The third kappa shape index (κ3) is 4.92. The molecule has 1 fully saturated rings. The first kappa shape index (κ1) is 22.6. The molecule has 1 aliphatic heterocycles. The van der Waals surface area contributed by atoms with Crippen molar-refractivity contribution in [3.8, 4) is 5.75 Å². The number of anilines is 1. The van der Waals surface area contributed by atoms with Crippen molar-refractivity contribution in [2.24, 2.45) is 0 Å². The monoisotopic (exact) mass is 480 g/mol. The van der Waals surface area contributed by atoms with Crippen LogP contribution in [0.5, 0.6) is 5.75 Å². The van der Waals surface area contributed by atoms with E-state index in [0.717, 1.165) is 16.0 Å². The van der Waals surface area contributed by atoms with E-state index in [1.807, 2.05) is 12.1 Å². The average Bonchev–Trinajstić information content (AvgIpc) is 2.79. The van der Waals surface area contributed by atoms with Gasteiger partial charge in [0.15, 0.2) is 0 Å². The molecule has 0 spiro atoms. The van der Waals surface area contributed by atoms with E-state index in [2.05, 4.69) is 5.32 Å². The smallest absolute Gasteiger partial charge is 0.335 e. The molecular weight excluding hydrogens is 463 g/mol. The van der Waals surface area contributed by atoms with Crippen molar-refractivity contribution in [2.75, 3.05) is 4.90 Å². The molecule has 3 aromatic carbocycles. The zero-order valence-corrected chi connectivity index (χ0v) is 19.0. The number of hydrogen-bond donors (Lipinski definition) is 1. The third-order valence-corrected chi connectivity index (χ3v) is 5.70. The molecule has 6 nitrogen and oxygen atoms in total. The molecule has 0 bridgehead atoms. The molecular formula is C25H18Cl2N2O4. The highest BCUT2D eigenvalue weighted by Gasteiger charge is 2.37. The summed E-state index contributed by atoms with van der Waals surface area (Å²) >= 11 is 12.1. The molecule has 0 aromatic heterocycles.